The van der Waals surface area contributed by atoms with Gasteiger partial charge in [-0.25, -0.2) is 0 Å². The predicted octanol–water partition coefficient (Wildman–Crippen LogP) is 3.24. The summed E-state index contributed by atoms with van der Waals surface area (Å²) in [7, 11) is 0. The van der Waals surface area contributed by atoms with Crippen molar-refractivity contribution in [2.24, 2.45) is 0 Å². The summed E-state index contributed by atoms with van der Waals surface area (Å²) in [6, 6.07) is 5.03. The number of hydrogen-bond donors (Lipinski definition) is 1. The molecule has 0 unspecified atom stereocenters. The zero-order valence-corrected chi connectivity index (χ0v) is 13.4. The number of hydrogen-bond acceptors (Lipinski definition) is 2. The highest BCUT2D eigenvalue weighted by atomic mass is 127. The number of amides is 1. The van der Waals surface area contributed by atoms with Gasteiger partial charge < -0.3 is 10.0 Å². The van der Waals surface area contributed by atoms with Gasteiger partial charge in [-0.2, -0.15) is 0 Å². The van der Waals surface area contributed by atoms with Crippen LogP contribution >= 0.6 is 38.5 Å². The smallest absolute Gasteiger partial charge is 0.253 e. The van der Waals surface area contributed by atoms with Crippen LogP contribution in [-0.4, -0.2) is 34.3 Å². The minimum Gasteiger partial charge on any atom is -0.507 e. The van der Waals surface area contributed by atoms with Gasteiger partial charge in [0, 0.05) is 24.0 Å². The molecule has 0 aliphatic carbocycles. The monoisotopic (exact) mass is 411 g/mol. The van der Waals surface area contributed by atoms with Gasteiger partial charge in [-0.05, 0) is 54.1 Å². The molecule has 1 amide bonds. The van der Waals surface area contributed by atoms with Crippen LogP contribution in [0.4, 0.5) is 0 Å². The number of halogens is 2. The second-order valence-corrected chi connectivity index (χ2v) is 5.55. The minimum absolute atomic E-state index is 0.0276. The molecule has 0 aliphatic heterocycles. The van der Waals surface area contributed by atoms with E-state index < -0.39 is 0 Å². The summed E-state index contributed by atoms with van der Waals surface area (Å²) in [4.78, 5) is 13.9. The second-order valence-electron chi connectivity index (χ2n) is 3.59. The molecule has 0 spiro atoms. The first-order valence-electron chi connectivity index (χ1n) is 5.44. The molecule has 1 rings (SSSR count). The first-order valence-corrected chi connectivity index (χ1v) is 7.64. The molecular weight excluding hydrogens is 397 g/mol. The van der Waals surface area contributed by atoms with E-state index in [9.17, 15) is 9.90 Å². The van der Waals surface area contributed by atoms with Gasteiger partial charge in [0.15, 0.2) is 0 Å². The van der Waals surface area contributed by atoms with Crippen LogP contribution in [-0.2, 0) is 0 Å². The van der Waals surface area contributed by atoms with Crippen LogP contribution in [0.3, 0.4) is 0 Å². The van der Waals surface area contributed by atoms with Crippen molar-refractivity contribution in [1.29, 1.82) is 0 Å². The van der Waals surface area contributed by atoms with Crippen molar-refractivity contribution < 1.29 is 9.90 Å². The third kappa shape index (κ3) is 4.13. The first-order chi connectivity index (χ1) is 8.10. The van der Waals surface area contributed by atoms with Gasteiger partial charge in [0.25, 0.3) is 5.91 Å². The average Bonchev–Trinajstić information content (AvgIpc) is 2.33. The quantitative estimate of drug-likeness (QED) is 0.596. The van der Waals surface area contributed by atoms with E-state index >= 15 is 0 Å². The van der Waals surface area contributed by atoms with E-state index in [4.69, 9.17) is 0 Å². The summed E-state index contributed by atoms with van der Waals surface area (Å²) in [5.41, 5.74) is 0.541. The number of carbonyl (C=O) groups excluding carboxylic acids is 1. The van der Waals surface area contributed by atoms with Gasteiger partial charge >= 0.3 is 0 Å². The van der Waals surface area contributed by atoms with E-state index in [2.05, 4.69) is 15.9 Å². The van der Waals surface area contributed by atoms with Crippen molar-refractivity contribution in [2.75, 3.05) is 18.4 Å². The third-order valence-corrected chi connectivity index (χ3v) is 3.90. The molecule has 0 saturated heterocycles. The molecular formula is C12H15BrINO2. The van der Waals surface area contributed by atoms with E-state index in [-0.39, 0.29) is 11.7 Å². The summed E-state index contributed by atoms with van der Waals surface area (Å²) < 4.78 is 0.752. The largest absolute Gasteiger partial charge is 0.507 e. The van der Waals surface area contributed by atoms with Crippen LogP contribution in [0.2, 0.25) is 0 Å². The lowest BCUT2D eigenvalue weighted by molar-refractivity contribution is 0.0764. The molecule has 3 nitrogen and oxygen atoms in total. The van der Waals surface area contributed by atoms with Crippen LogP contribution in [0.1, 0.15) is 23.7 Å². The Labute approximate surface area is 123 Å². The molecule has 0 aromatic heterocycles. The van der Waals surface area contributed by atoms with E-state index in [1.165, 1.54) is 6.07 Å². The Morgan fingerprint density at radius 3 is 2.76 bits per heavy atom. The van der Waals surface area contributed by atoms with Crippen molar-refractivity contribution >= 4 is 44.4 Å². The van der Waals surface area contributed by atoms with Crippen LogP contribution in [0.15, 0.2) is 18.2 Å². The topological polar surface area (TPSA) is 40.5 Å². The van der Waals surface area contributed by atoms with Gasteiger partial charge in [0.05, 0.1) is 3.57 Å². The fourth-order valence-corrected chi connectivity index (χ4v) is 2.07. The Hall–Kier alpha value is -0.300. The van der Waals surface area contributed by atoms with Crippen molar-refractivity contribution in [2.45, 2.75) is 13.3 Å². The standard InChI is InChI=1S/C12H15BrINO2/c1-2-15(7-3-6-13)12(17)9-4-5-10(14)11(16)8-9/h4-5,8,16H,2-3,6-7H2,1H3. The summed E-state index contributed by atoms with van der Waals surface area (Å²) in [5.74, 6) is 0.133. The maximum absolute atomic E-state index is 12.1. The molecule has 0 aliphatic rings. The number of rotatable bonds is 5. The van der Waals surface area contributed by atoms with Gasteiger partial charge in [-0.1, -0.05) is 15.9 Å². The number of phenolic OH excluding ortho intramolecular Hbond substituents is 1. The maximum atomic E-state index is 12.1. The average molecular weight is 412 g/mol. The van der Waals surface area contributed by atoms with Crippen LogP contribution in [0.5, 0.6) is 5.75 Å². The number of phenols is 1. The Morgan fingerprint density at radius 2 is 2.24 bits per heavy atom. The lowest BCUT2D eigenvalue weighted by atomic mass is 10.2. The zero-order chi connectivity index (χ0) is 12.8. The van der Waals surface area contributed by atoms with E-state index in [0.717, 1.165) is 21.9 Å². The molecule has 1 N–H and O–H groups in total. The lowest BCUT2D eigenvalue weighted by Crippen LogP contribution is -2.31. The number of alkyl halides is 1. The van der Waals surface area contributed by atoms with E-state index in [1.54, 1.807) is 17.0 Å². The molecule has 5 heteroatoms. The molecule has 0 bridgehead atoms. The van der Waals surface area contributed by atoms with Crippen LogP contribution in [0, 0.1) is 3.57 Å². The van der Waals surface area contributed by atoms with Crippen molar-refractivity contribution in [3.63, 3.8) is 0 Å². The van der Waals surface area contributed by atoms with E-state index in [0.29, 0.717) is 12.1 Å². The maximum Gasteiger partial charge on any atom is 0.253 e. The minimum atomic E-state index is -0.0276. The number of benzene rings is 1. The van der Waals surface area contributed by atoms with Gasteiger partial charge in [0.2, 0.25) is 0 Å². The van der Waals surface area contributed by atoms with Gasteiger partial charge in [-0.3, -0.25) is 4.79 Å². The molecule has 1 aromatic carbocycles. The molecule has 17 heavy (non-hydrogen) atoms. The fraction of sp³-hybridized carbons (Fsp3) is 0.417. The molecule has 0 fully saturated rings. The summed E-state index contributed by atoms with van der Waals surface area (Å²) in [5, 5.41) is 10.5. The Bertz CT molecular complexity index is 398. The second kappa shape index (κ2) is 7.20. The third-order valence-electron chi connectivity index (χ3n) is 2.42. The van der Waals surface area contributed by atoms with Gasteiger partial charge in [0.1, 0.15) is 5.75 Å². The summed E-state index contributed by atoms with van der Waals surface area (Å²) >= 11 is 5.39. The van der Waals surface area contributed by atoms with Crippen LogP contribution in [0.25, 0.3) is 0 Å². The zero-order valence-electron chi connectivity index (χ0n) is 9.62. The van der Waals surface area contributed by atoms with Crippen molar-refractivity contribution in [3.8, 4) is 5.75 Å². The molecule has 1 aromatic rings. The Balaban J connectivity index is 2.82. The van der Waals surface area contributed by atoms with E-state index in [1.807, 2.05) is 29.5 Å². The highest BCUT2D eigenvalue weighted by molar-refractivity contribution is 14.1. The van der Waals surface area contributed by atoms with Crippen LogP contribution < -0.4 is 0 Å². The number of nitrogens with zero attached hydrogens (tertiary/aromatic N) is 1. The molecule has 0 atom stereocenters. The summed E-state index contributed by atoms with van der Waals surface area (Å²) in [6.45, 7) is 3.37. The molecule has 0 saturated carbocycles. The Kier molecular flexibility index (Phi) is 6.26. The highest BCUT2D eigenvalue weighted by Gasteiger charge is 2.14. The normalized spacial score (nSPS) is 10.3. The first kappa shape index (κ1) is 14.8. The highest BCUT2D eigenvalue weighted by Crippen LogP contribution is 2.21. The fourth-order valence-electron chi connectivity index (χ4n) is 1.48. The Morgan fingerprint density at radius 1 is 1.53 bits per heavy atom. The SMILES string of the molecule is CCN(CCCBr)C(=O)c1ccc(I)c(O)c1. The van der Waals surface area contributed by atoms with Gasteiger partial charge in [-0.15, -0.1) is 0 Å². The van der Waals surface area contributed by atoms with Crippen molar-refractivity contribution in [1.82, 2.24) is 4.90 Å². The number of aromatic hydroxyl groups is 1. The predicted molar refractivity (Wildman–Crippen MR) is 80.8 cm³/mol. The molecule has 94 valence electrons. The summed E-state index contributed by atoms with van der Waals surface area (Å²) in [6.07, 6.45) is 0.927. The van der Waals surface area contributed by atoms with Crippen molar-refractivity contribution in [3.05, 3.63) is 27.3 Å². The molecule has 0 radical (unpaired) electrons. The molecule has 0 heterocycles. The number of carbonyl (C=O) groups is 1. The lowest BCUT2D eigenvalue weighted by Gasteiger charge is -2.20.